The van der Waals surface area contributed by atoms with Crippen LogP contribution in [0.25, 0.3) is 6.08 Å². The Labute approximate surface area is 99.8 Å². The number of carbonyl (C=O) groups excluding carboxylic acids is 1. The van der Waals surface area contributed by atoms with Gasteiger partial charge in [-0.25, -0.2) is 4.79 Å². The third kappa shape index (κ3) is 2.17. The molecule has 1 heterocycles. The van der Waals surface area contributed by atoms with Gasteiger partial charge in [-0.3, -0.25) is 0 Å². The average Bonchev–Trinajstić information content (AvgIpc) is 2.38. The molecule has 2 rings (SSSR count). The number of hydrogen-bond acceptors (Lipinski definition) is 4. The van der Waals surface area contributed by atoms with Crippen LogP contribution < -0.4 is 4.74 Å². The predicted octanol–water partition coefficient (Wildman–Crippen LogP) is 2.03. The maximum absolute atomic E-state index is 11.8. The number of benzene rings is 1. The molecular weight excluding hydrogens is 220 g/mol. The molecule has 4 nitrogen and oxygen atoms in total. The molecule has 0 amide bonds. The minimum Gasteiger partial charge on any atom is -0.488 e. The van der Waals surface area contributed by atoms with Crippen molar-refractivity contribution in [2.75, 3.05) is 20.8 Å². The fourth-order valence-electron chi connectivity index (χ4n) is 1.83. The standard InChI is InChI=1S/C13H14O4/c1-15-8-10-6-5-9-4-3-7-17-12(9)11(10)13(14)16-2/h3-6H,7-8H2,1-2H3. The van der Waals surface area contributed by atoms with Gasteiger partial charge in [-0.1, -0.05) is 18.2 Å². The predicted molar refractivity (Wildman–Crippen MR) is 63.0 cm³/mol. The van der Waals surface area contributed by atoms with Crippen LogP contribution in [-0.4, -0.2) is 26.8 Å². The molecule has 0 saturated carbocycles. The molecule has 1 aliphatic rings. The first-order valence-electron chi connectivity index (χ1n) is 5.30. The Morgan fingerprint density at radius 2 is 2.24 bits per heavy atom. The number of hydrogen-bond donors (Lipinski definition) is 0. The van der Waals surface area contributed by atoms with Gasteiger partial charge in [0, 0.05) is 12.7 Å². The van der Waals surface area contributed by atoms with Gasteiger partial charge in [0.05, 0.1) is 13.7 Å². The number of methoxy groups -OCH3 is 2. The third-order valence-corrected chi connectivity index (χ3v) is 2.59. The smallest absolute Gasteiger partial charge is 0.342 e. The lowest BCUT2D eigenvalue weighted by Crippen LogP contribution is -2.12. The van der Waals surface area contributed by atoms with Crippen LogP contribution >= 0.6 is 0 Å². The van der Waals surface area contributed by atoms with Crippen molar-refractivity contribution >= 4 is 12.0 Å². The zero-order chi connectivity index (χ0) is 12.3. The molecule has 0 fully saturated rings. The van der Waals surface area contributed by atoms with E-state index in [4.69, 9.17) is 14.2 Å². The second-order valence-electron chi connectivity index (χ2n) is 3.66. The Kier molecular flexibility index (Phi) is 3.44. The molecule has 1 aliphatic heterocycles. The number of rotatable bonds is 3. The van der Waals surface area contributed by atoms with E-state index in [0.29, 0.717) is 24.5 Å². The topological polar surface area (TPSA) is 44.8 Å². The maximum Gasteiger partial charge on any atom is 0.342 e. The summed E-state index contributed by atoms with van der Waals surface area (Å²) in [5.41, 5.74) is 2.11. The van der Waals surface area contributed by atoms with Crippen molar-refractivity contribution in [2.24, 2.45) is 0 Å². The molecular formula is C13H14O4. The normalized spacial score (nSPS) is 12.8. The lowest BCUT2D eigenvalue weighted by Gasteiger charge is -2.18. The third-order valence-electron chi connectivity index (χ3n) is 2.59. The number of fused-ring (bicyclic) bond motifs is 1. The van der Waals surface area contributed by atoms with Crippen LogP contribution in [-0.2, 0) is 16.1 Å². The highest BCUT2D eigenvalue weighted by Crippen LogP contribution is 2.31. The van der Waals surface area contributed by atoms with Gasteiger partial charge in [0.25, 0.3) is 0 Å². The van der Waals surface area contributed by atoms with Gasteiger partial charge >= 0.3 is 5.97 Å². The molecule has 1 aromatic carbocycles. The van der Waals surface area contributed by atoms with Crippen molar-refractivity contribution in [3.63, 3.8) is 0 Å². The molecule has 0 atom stereocenters. The van der Waals surface area contributed by atoms with Crippen LogP contribution in [0.3, 0.4) is 0 Å². The summed E-state index contributed by atoms with van der Waals surface area (Å²) >= 11 is 0. The van der Waals surface area contributed by atoms with Crippen molar-refractivity contribution < 1.29 is 19.0 Å². The summed E-state index contributed by atoms with van der Waals surface area (Å²) in [5.74, 6) is 0.179. The maximum atomic E-state index is 11.8. The van der Waals surface area contributed by atoms with E-state index >= 15 is 0 Å². The highest BCUT2D eigenvalue weighted by atomic mass is 16.5. The Bertz CT molecular complexity index is 463. The summed E-state index contributed by atoms with van der Waals surface area (Å²) in [7, 11) is 2.94. The van der Waals surface area contributed by atoms with E-state index < -0.39 is 5.97 Å². The molecule has 0 spiro atoms. The molecule has 17 heavy (non-hydrogen) atoms. The monoisotopic (exact) mass is 234 g/mol. The first-order valence-corrected chi connectivity index (χ1v) is 5.30. The van der Waals surface area contributed by atoms with E-state index in [-0.39, 0.29) is 0 Å². The van der Waals surface area contributed by atoms with E-state index in [1.165, 1.54) is 7.11 Å². The Hall–Kier alpha value is -1.81. The van der Waals surface area contributed by atoms with E-state index in [1.54, 1.807) is 7.11 Å². The Morgan fingerprint density at radius 3 is 2.94 bits per heavy atom. The van der Waals surface area contributed by atoms with Gasteiger partial charge in [0.1, 0.15) is 17.9 Å². The first kappa shape index (κ1) is 11.7. The lowest BCUT2D eigenvalue weighted by molar-refractivity contribution is 0.0591. The molecule has 90 valence electrons. The van der Waals surface area contributed by atoms with E-state index in [9.17, 15) is 4.79 Å². The molecule has 0 N–H and O–H groups in total. The van der Waals surface area contributed by atoms with E-state index in [1.807, 2.05) is 24.3 Å². The van der Waals surface area contributed by atoms with Gasteiger partial charge in [-0.15, -0.1) is 0 Å². The number of esters is 1. The zero-order valence-corrected chi connectivity index (χ0v) is 9.86. The Morgan fingerprint density at radius 1 is 1.41 bits per heavy atom. The van der Waals surface area contributed by atoms with Crippen LogP contribution in [0.1, 0.15) is 21.5 Å². The summed E-state index contributed by atoms with van der Waals surface area (Å²) in [4.78, 5) is 11.8. The minimum absolute atomic E-state index is 0.352. The molecule has 0 bridgehead atoms. The highest BCUT2D eigenvalue weighted by Gasteiger charge is 2.22. The van der Waals surface area contributed by atoms with E-state index in [2.05, 4.69) is 0 Å². The van der Waals surface area contributed by atoms with Crippen molar-refractivity contribution in [1.82, 2.24) is 0 Å². The van der Waals surface area contributed by atoms with Crippen LogP contribution in [0.4, 0.5) is 0 Å². The SMILES string of the molecule is COCc1ccc2c(c1C(=O)OC)OCC=C2. The van der Waals surface area contributed by atoms with Crippen molar-refractivity contribution in [1.29, 1.82) is 0 Å². The van der Waals surface area contributed by atoms with Gasteiger partial charge in [0.15, 0.2) is 0 Å². The first-order chi connectivity index (χ1) is 8.27. The fourth-order valence-corrected chi connectivity index (χ4v) is 1.83. The van der Waals surface area contributed by atoms with Gasteiger partial charge in [-0.05, 0) is 11.6 Å². The molecule has 4 heteroatoms. The molecule has 0 radical (unpaired) electrons. The largest absolute Gasteiger partial charge is 0.488 e. The van der Waals surface area contributed by atoms with Gasteiger partial charge in [-0.2, -0.15) is 0 Å². The molecule has 0 unspecified atom stereocenters. The summed E-state index contributed by atoms with van der Waals surface area (Å²) < 4.78 is 15.4. The summed E-state index contributed by atoms with van der Waals surface area (Å²) in [6.45, 7) is 0.818. The second-order valence-corrected chi connectivity index (χ2v) is 3.66. The summed E-state index contributed by atoms with van der Waals surface area (Å²) in [6.07, 6.45) is 3.83. The molecule has 0 saturated heterocycles. The molecule has 0 aliphatic carbocycles. The zero-order valence-electron chi connectivity index (χ0n) is 9.86. The average molecular weight is 234 g/mol. The van der Waals surface area contributed by atoms with Crippen molar-refractivity contribution in [3.05, 3.63) is 34.9 Å². The molecule has 0 aromatic heterocycles. The van der Waals surface area contributed by atoms with Crippen molar-refractivity contribution in [3.8, 4) is 5.75 Å². The Balaban J connectivity index is 2.55. The lowest BCUT2D eigenvalue weighted by atomic mass is 10.0. The quantitative estimate of drug-likeness (QED) is 0.750. The van der Waals surface area contributed by atoms with Crippen LogP contribution in [0.15, 0.2) is 18.2 Å². The van der Waals surface area contributed by atoms with Gasteiger partial charge < -0.3 is 14.2 Å². The highest BCUT2D eigenvalue weighted by molar-refractivity contribution is 5.95. The summed E-state index contributed by atoms with van der Waals surface area (Å²) in [6, 6.07) is 3.76. The van der Waals surface area contributed by atoms with Crippen LogP contribution in [0, 0.1) is 0 Å². The number of ether oxygens (including phenoxy) is 3. The molecule has 1 aromatic rings. The van der Waals surface area contributed by atoms with Crippen molar-refractivity contribution in [2.45, 2.75) is 6.61 Å². The van der Waals surface area contributed by atoms with E-state index in [0.717, 1.165) is 11.1 Å². The fraction of sp³-hybridized carbons (Fsp3) is 0.308. The van der Waals surface area contributed by atoms with Gasteiger partial charge in [0.2, 0.25) is 0 Å². The van der Waals surface area contributed by atoms with Crippen LogP contribution in [0.5, 0.6) is 5.75 Å². The minimum atomic E-state index is -0.399. The second kappa shape index (κ2) is 5.01. The summed E-state index contributed by atoms with van der Waals surface area (Å²) in [5, 5.41) is 0. The van der Waals surface area contributed by atoms with Crippen LogP contribution in [0.2, 0.25) is 0 Å². The number of carbonyl (C=O) groups is 1.